The molecular weight excluding hydrogens is 462 g/mol. The molecule has 0 aliphatic carbocycles. The molecule has 33 heavy (non-hydrogen) atoms. The highest BCUT2D eigenvalue weighted by Gasteiger charge is 2.33. The SMILES string of the molecule is Cc1cc(C)cc(Sc2ccc(N=O)cc2S(=O)(=O)N2CCN(C(=O)OC(C)(C)C)CC2)c1. The number of rotatable bonds is 5. The van der Waals surface area contributed by atoms with Crippen LogP contribution in [0.2, 0.25) is 0 Å². The number of carbonyl (C=O) groups excluding carboxylic acids is 1. The molecule has 3 rings (SSSR count). The molecule has 8 nitrogen and oxygen atoms in total. The molecule has 0 aromatic heterocycles. The smallest absolute Gasteiger partial charge is 0.410 e. The van der Waals surface area contributed by atoms with Crippen molar-refractivity contribution in [1.82, 2.24) is 9.21 Å². The highest BCUT2D eigenvalue weighted by Crippen LogP contribution is 2.37. The Kier molecular flexibility index (Phi) is 7.50. The number of hydrogen-bond acceptors (Lipinski definition) is 7. The van der Waals surface area contributed by atoms with Crippen LogP contribution >= 0.6 is 11.8 Å². The average Bonchev–Trinajstić information content (AvgIpc) is 2.72. The molecule has 0 saturated carbocycles. The number of carbonyl (C=O) groups is 1. The molecule has 2 aromatic rings. The van der Waals surface area contributed by atoms with E-state index < -0.39 is 21.7 Å². The molecular formula is C23H29N3O5S2. The Morgan fingerprint density at radius 3 is 2.15 bits per heavy atom. The van der Waals surface area contributed by atoms with Gasteiger partial charge in [0.2, 0.25) is 10.0 Å². The first-order chi connectivity index (χ1) is 15.4. The summed E-state index contributed by atoms with van der Waals surface area (Å²) < 4.78 is 33.8. The third-order valence-electron chi connectivity index (χ3n) is 4.96. The fourth-order valence-electron chi connectivity index (χ4n) is 3.53. The van der Waals surface area contributed by atoms with Crippen LogP contribution in [-0.4, -0.2) is 55.5 Å². The number of hydrogen-bond donors (Lipinski definition) is 0. The highest BCUT2D eigenvalue weighted by molar-refractivity contribution is 8.00. The second-order valence-electron chi connectivity index (χ2n) is 9.02. The van der Waals surface area contributed by atoms with Crippen LogP contribution in [0.4, 0.5) is 10.5 Å². The van der Waals surface area contributed by atoms with Crippen LogP contribution in [0, 0.1) is 18.8 Å². The van der Waals surface area contributed by atoms with Gasteiger partial charge in [-0.2, -0.15) is 4.31 Å². The van der Waals surface area contributed by atoms with Crippen molar-refractivity contribution in [1.29, 1.82) is 0 Å². The molecule has 0 unspecified atom stereocenters. The van der Waals surface area contributed by atoms with Gasteiger partial charge in [-0.15, -0.1) is 4.91 Å². The lowest BCUT2D eigenvalue weighted by atomic mass is 10.2. The summed E-state index contributed by atoms with van der Waals surface area (Å²) >= 11 is 1.33. The van der Waals surface area contributed by atoms with E-state index in [9.17, 15) is 18.1 Å². The van der Waals surface area contributed by atoms with Crippen molar-refractivity contribution in [2.24, 2.45) is 5.18 Å². The maximum Gasteiger partial charge on any atom is 0.410 e. The van der Waals surface area contributed by atoms with Gasteiger partial charge in [-0.3, -0.25) is 0 Å². The number of piperazine rings is 1. The standard InChI is InChI=1S/C23H29N3O5S2/c1-16-12-17(2)14-19(13-16)32-20-7-6-18(24-28)15-21(20)33(29,30)26-10-8-25(9-11-26)22(27)31-23(3,4)5/h6-7,12-15H,8-11H2,1-5H3. The van der Waals surface area contributed by atoms with E-state index >= 15 is 0 Å². The second-order valence-corrected chi connectivity index (χ2v) is 12.0. The van der Waals surface area contributed by atoms with Gasteiger partial charge in [-0.05, 0) is 81.3 Å². The quantitative estimate of drug-likeness (QED) is 0.540. The summed E-state index contributed by atoms with van der Waals surface area (Å²) in [4.78, 5) is 26.4. The lowest BCUT2D eigenvalue weighted by Gasteiger charge is -2.35. The van der Waals surface area contributed by atoms with Gasteiger partial charge in [0.15, 0.2) is 0 Å². The van der Waals surface area contributed by atoms with Crippen molar-refractivity contribution < 1.29 is 17.9 Å². The summed E-state index contributed by atoms with van der Waals surface area (Å²) in [7, 11) is -3.92. The van der Waals surface area contributed by atoms with Gasteiger partial charge in [0, 0.05) is 36.0 Å². The lowest BCUT2D eigenvalue weighted by Crippen LogP contribution is -2.51. The van der Waals surface area contributed by atoms with Crippen molar-refractivity contribution in [3.63, 3.8) is 0 Å². The fourth-order valence-corrected chi connectivity index (χ4v) is 6.53. The van der Waals surface area contributed by atoms with E-state index in [1.165, 1.54) is 33.1 Å². The summed E-state index contributed by atoms with van der Waals surface area (Å²) in [5.41, 5.74) is 1.58. The zero-order valence-corrected chi connectivity index (χ0v) is 21.1. The van der Waals surface area contributed by atoms with Crippen LogP contribution in [0.1, 0.15) is 31.9 Å². The van der Waals surface area contributed by atoms with Gasteiger partial charge in [0.1, 0.15) is 11.3 Å². The first-order valence-corrected chi connectivity index (χ1v) is 12.9. The molecule has 0 bridgehead atoms. The van der Waals surface area contributed by atoms with Gasteiger partial charge in [0.25, 0.3) is 0 Å². The predicted molar refractivity (Wildman–Crippen MR) is 129 cm³/mol. The minimum Gasteiger partial charge on any atom is -0.444 e. The van der Waals surface area contributed by atoms with Gasteiger partial charge in [-0.25, -0.2) is 13.2 Å². The number of amides is 1. The zero-order chi connectivity index (χ0) is 24.4. The monoisotopic (exact) mass is 491 g/mol. The van der Waals surface area contributed by atoms with E-state index in [1.54, 1.807) is 26.8 Å². The maximum atomic E-state index is 13.5. The van der Waals surface area contributed by atoms with E-state index in [2.05, 4.69) is 5.18 Å². The van der Waals surface area contributed by atoms with Crippen molar-refractivity contribution in [2.45, 2.75) is 54.9 Å². The third-order valence-corrected chi connectivity index (χ3v) is 8.08. The van der Waals surface area contributed by atoms with Crippen LogP contribution < -0.4 is 0 Å². The number of nitroso groups, excluding NO2 is 1. The summed E-state index contributed by atoms with van der Waals surface area (Å²) in [6, 6.07) is 10.5. The van der Waals surface area contributed by atoms with Gasteiger partial charge >= 0.3 is 6.09 Å². The van der Waals surface area contributed by atoms with Crippen LogP contribution in [0.3, 0.4) is 0 Å². The number of nitrogens with zero attached hydrogens (tertiary/aromatic N) is 3. The molecule has 1 amide bonds. The Morgan fingerprint density at radius 1 is 1.00 bits per heavy atom. The van der Waals surface area contributed by atoms with Gasteiger partial charge in [0.05, 0.1) is 4.90 Å². The van der Waals surface area contributed by atoms with E-state index in [1.807, 2.05) is 32.0 Å². The van der Waals surface area contributed by atoms with E-state index in [0.717, 1.165) is 16.0 Å². The summed E-state index contributed by atoms with van der Waals surface area (Å²) in [5, 5.41) is 2.92. The van der Waals surface area contributed by atoms with E-state index in [4.69, 9.17) is 4.74 Å². The van der Waals surface area contributed by atoms with Crippen molar-refractivity contribution in [3.05, 3.63) is 52.4 Å². The Bertz CT molecular complexity index is 1130. The average molecular weight is 492 g/mol. The molecule has 0 N–H and O–H groups in total. The first kappa shape index (κ1) is 25.2. The fraction of sp³-hybridized carbons (Fsp3) is 0.435. The summed E-state index contributed by atoms with van der Waals surface area (Å²) in [5.74, 6) is 0. The number of ether oxygens (including phenoxy) is 1. The minimum atomic E-state index is -3.92. The van der Waals surface area contributed by atoms with Crippen LogP contribution in [-0.2, 0) is 14.8 Å². The Morgan fingerprint density at radius 2 is 1.61 bits per heavy atom. The molecule has 1 heterocycles. The molecule has 2 aromatic carbocycles. The van der Waals surface area contributed by atoms with Crippen molar-refractivity contribution >= 4 is 33.6 Å². The largest absolute Gasteiger partial charge is 0.444 e. The molecule has 1 fully saturated rings. The molecule has 1 aliphatic heterocycles. The van der Waals surface area contributed by atoms with Crippen molar-refractivity contribution in [3.8, 4) is 0 Å². The first-order valence-electron chi connectivity index (χ1n) is 10.6. The second kappa shape index (κ2) is 9.82. The third kappa shape index (κ3) is 6.33. The Balaban J connectivity index is 1.85. The molecule has 1 aliphatic rings. The topological polar surface area (TPSA) is 96.4 Å². The molecule has 0 spiro atoms. The Hall–Kier alpha value is -2.43. The van der Waals surface area contributed by atoms with E-state index in [0.29, 0.717) is 4.90 Å². The molecule has 0 atom stereocenters. The van der Waals surface area contributed by atoms with Crippen LogP contribution in [0.5, 0.6) is 0 Å². The van der Waals surface area contributed by atoms with Crippen LogP contribution in [0.25, 0.3) is 0 Å². The molecule has 1 saturated heterocycles. The number of benzene rings is 2. The van der Waals surface area contributed by atoms with Crippen molar-refractivity contribution in [2.75, 3.05) is 26.2 Å². The van der Waals surface area contributed by atoms with E-state index in [-0.39, 0.29) is 36.8 Å². The lowest BCUT2D eigenvalue weighted by molar-refractivity contribution is 0.0192. The highest BCUT2D eigenvalue weighted by atomic mass is 32.2. The molecule has 10 heteroatoms. The zero-order valence-electron chi connectivity index (χ0n) is 19.5. The normalized spacial score (nSPS) is 15.4. The maximum absolute atomic E-state index is 13.5. The molecule has 178 valence electrons. The molecule has 0 radical (unpaired) electrons. The Labute approximate surface area is 199 Å². The minimum absolute atomic E-state index is 0.0366. The number of sulfonamides is 1. The number of aryl methyl sites for hydroxylation is 2. The summed E-state index contributed by atoms with van der Waals surface area (Å²) in [6.45, 7) is 10.0. The summed E-state index contributed by atoms with van der Waals surface area (Å²) in [6.07, 6.45) is -0.460. The van der Waals surface area contributed by atoms with Crippen LogP contribution in [0.15, 0.2) is 56.3 Å². The predicted octanol–water partition coefficient (Wildman–Crippen LogP) is 5.09. The van der Waals surface area contributed by atoms with Gasteiger partial charge < -0.3 is 9.64 Å². The van der Waals surface area contributed by atoms with Gasteiger partial charge in [-0.1, -0.05) is 17.8 Å².